The smallest absolute Gasteiger partial charge is 0.239 e. The third-order valence-electron chi connectivity index (χ3n) is 5.85. The van der Waals surface area contributed by atoms with Crippen LogP contribution in [0.3, 0.4) is 0 Å². The molecule has 2 N–H and O–H groups in total. The van der Waals surface area contributed by atoms with Crippen LogP contribution in [0.2, 0.25) is 0 Å². The second-order valence-electron chi connectivity index (χ2n) is 7.44. The molecule has 1 amide bonds. The molecule has 1 spiro atoms. The molecule has 2 aliphatic heterocycles. The summed E-state index contributed by atoms with van der Waals surface area (Å²) < 4.78 is 0. The first-order chi connectivity index (χ1) is 13.2. The van der Waals surface area contributed by atoms with Gasteiger partial charge in [-0.2, -0.15) is 0 Å². The van der Waals surface area contributed by atoms with Crippen LogP contribution in [0.1, 0.15) is 17.8 Å². The number of fused-ring (bicyclic) bond motifs is 3. The molecular formula is C21H22N4O2. The van der Waals surface area contributed by atoms with Gasteiger partial charge in [-0.1, -0.05) is 30.3 Å². The summed E-state index contributed by atoms with van der Waals surface area (Å²) >= 11 is 0. The number of hydrogen-bond donors (Lipinski definition) is 2. The SMILES string of the molecule is O=C1N(CCO)c2ccccc2C12CCN(Cc1nc3ccccc3[nH]1)C2. The lowest BCUT2D eigenvalue weighted by Gasteiger charge is -2.24. The molecular weight excluding hydrogens is 340 g/mol. The Kier molecular flexibility index (Phi) is 3.77. The molecule has 6 nitrogen and oxygen atoms in total. The van der Waals surface area contributed by atoms with E-state index in [-0.39, 0.29) is 12.5 Å². The highest BCUT2D eigenvalue weighted by atomic mass is 16.3. The Morgan fingerprint density at radius 1 is 1.15 bits per heavy atom. The highest BCUT2D eigenvalue weighted by Crippen LogP contribution is 2.47. The zero-order valence-electron chi connectivity index (χ0n) is 15.1. The molecule has 138 valence electrons. The summed E-state index contributed by atoms with van der Waals surface area (Å²) in [6, 6.07) is 16.0. The van der Waals surface area contributed by atoms with Crippen molar-refractivity contribution in [3.63, 3.8) is 0 Å². The number of carbonyl (C=O) groups excluding carboxylic acids is 1. The van der Waals surface area contributed by atoms with Crippen molar-refractivity contribution in [1.82, 2.24) is 14.9 Å². The fourth-order valence-electron chi connectivity index (χ4n) is 4.63. The molecule has 0 bridgehead atoms. The van der Waals surface area contributed by atoms with Gasteiger partial charge in [0.2, 0.25) is 5.91 Å². The maximum Gasteiger partial charge on any atom is 0.239 e. The van der Waals surface area contributed by atoms with Crippen molar-refractivity contribution in [2.24, 2.45) is 0 Å². The zero-order chi connectivity index (χ0) is 18.4. The Morgan fingerprint density at radius 2 is 1.96 bits per heavy atom. The van der Waals surface area contributed by atoms with Crippen molar-refractivity contribution >= 4 is 22.6 Å². The van der Waals surface area contributed by atoms with Gasteiger partial charge in [-0.25, -0.2) is 4.98 Å². The molecule has 6 heteroatoms. The van der Waals surface area contributed by atoms with Crippen molar-refractivity contribution in [1.29, 1.82) is 0 Å². The van der Waals surface area contributed by atoms with Crippen LogP contribution >= 0.6 is 0 Å². The number of likely N-dealkylation sites (tertiary alicyclic amines) is 1. The van der Waals surface area contributed by atoms with Gasteiger partial charge in [-0.3, -0.25) is 9.69 Å². The third-order valence-corrected chi connectivity index (χ3v) is 5.85. The number of hydrogen-bond acceptors (Lipinski definition) is 4. The van der Waals surface area contributed by atoms with E-state index in [9.17, 15) is 9.90 Å². The lowest BCUT2D eigenvalue weighted by Crippen LogP contribution is -2.43. The van der Waals surface area contributed by atoms with Crippen molar-refractivity contribution in [3.8, 4) is 0 Å². The second-order valence-corrected chi connectivity index (χ2v) is 7.44. The summed E-state index contributed by atoms with van der Waals surface area (Å²) in [6.45, 7) is 2.55. The molecule has 1 aromatic heterocycles. The number of aliphatic hydroxyl groups is 1. The van der Waals surface area contributed by atoms with Crippen LogP contribution in [-0.2, 0) is 16.8 Å². The van der Waals surface area contributed by atoms with E-state index in [0.717, 1.165) is 41.1 Å². The quantitative estimate of drug-likeness (QED) is 0.745. The molecule has 0 radical (unpaired) electrons. The number of imidazole rings is 1. The van der Waals surface area contributed by atoms with Gasteiger partial charge in [0.05, 0.1) is 29.6 Å². The van der Waals surface area contributed by atoms with Gasteiger partial charge in [0.25, 0.3) is 0 Å². The van der Waals surface area contributed by atoms with Crippen molar-refractivity contribution in [3.05, 3.63) is 59.9 Å². The molecule has 3 heterocycles. The normalized spacial score (nSPS) is 22.3. The van der Waals surface area contributed by atoms with E-state index in [1.165, 1.54) is 0 Å². The minimum Gasteiger partial charge on any atom is -0.395 e. The van der Waals surface area contributed by atoms with Crippen molar-refractivity contribution in [2.75, 3.05) is 31.1 Å². The van der Waals surface area contributed by atoms with Gasteiger partial charge >= 0.3 is 0 Å². The molecule has 5 rings (SSSR count). The van der Waals surface area contributed by atoms with Gasteiger partial charge in [-0.15, -0.1) is 0 Å². The first-order valence-corrected chi connectivity index (χ1v) is 9.40. The minimum absolute atomic E-state index is 0.0289. The number of benzene rings is 2. The Labute approximate surface area is 157 Å². The Morgan fingerprint density at radius 3 is 2.81 bits per heavy atom. The Hall–Kier alpha value is -2.70. The van der Waals surface area contributed by atoms with Gasteiger partial charge < -0.3 is 15.0 Å². The number of carbonyl (C=O) groups is 1. The van der Waals surface area contributed by atoms with Crippen LogP contribution in [0.15, 0.2) is 48.5 Å². The number of amides is 1. The van der Waals surface area contributed by atoms with Crippen LogP contribution in [0.4, 0.5) is 5.69 Å². The second kappa shape index (κ2) is 6.18. The molecule has 0 aliphatic carbocycles. The number of anilines is 1. The van der Waals surface area contributed by atoms with E-state index >= 15 is 0 Å². The first kappa shape index (κ1) is 16.5. The largest absolute Gasteiger partial charge is 0.395 e. The number of rotatable bonds is 4. The molecule has 27 heavy (non-hydrogen) atoms. The summed E-state index contributed by atoms with van der Waals surface area (Å²) in [5.41, 5.74) is 3.55. The van der Waals surface area contributed by atoms with Crippen LogP contribution in [-0.4, -0.2) is 52.1 Å². The van der Waals surface area contributed by atoms with Gasteiger partial charge in [0.15, 0.2) is 0 Å². The summed E-state index contributed by atoms with van der Waals surface area (Å²) in [7, 11) is 0. The molecule has 2 aliphatic rings. The molecule has 1 unspecified atom stereocenters. The number of nitrogens with one attached hydrogen (secondary N) is 1. The molecule has 1 atom stereocenters. The summed E-state index contributed by atoms with van der Waals surface area (Å²) in [4.78, 5) is 25.4. The summed E-state index contributed by atoms with van der Waals surface area (Å²) in [5.74, 6) is 1.05. The minimum atomic E-state index is -0.502. The third kappa shape index (κ3) is 2.48. The molecule has 3 aromatic rings. The fraction of sp³-hybridized carbons (Fsp3) is 0.333. The van der Waals surface area contributed by atoms with E-state index in [1.54, 1.807) is 4.90 Å². The van der Waals surface area contributed by atoms with Crippen molar-refractivity contribution < 1.29 is 9.90 Å². The lowest BCUT2D eigenvalue weighted by atomic mass is 9.81. The maximum atomic E-state index is 13.3. The van der Waals surface area contributed by atoms with Crippen LogP contribution in [0.25, 0.3) is 11.0 Å². The molecule has 0 saturated carbocycles. The van der Waals surface area contributed by atoms with E-state index in [1.807, 2.05) is 42.5 Å². The highest BCUT2D eigenvalue weighted by molar-refractivity contribution is 6.08. The van der Waals surface area contributed by atoms with Crippen LogP contribution in [0, 0.1) is 0 Å². The van der Waals surface area contributed by atoms with Gasteiger partial charge in [0.1, 0.15) is 5.82 Å². The monoisotopic (exact) mass is 362 g/mol. The number of aliphatic hydroxyl groups excluding tert-OH is 1. The molecule has 2 aromatic carbocycles. The Balaban J connectivity index is 1.43. The van der Waals surface area contributed by atoms with Crippen molar-refractivity contribution in [2.45, 2.75) is 18.4 Å². The Bertz CT molecular complexity index is 981. The van der Waals surface area contributed by atoms with E-state index in [0.29, 0.717) is 19.6 Å². The van der Waals surface area contributed by atoms with Crippen LogP contribution in [0.5, 0.6) is 0 Å². The van der Waals surface area contributed by atoms with Gasteiger partial charge in [0, 0.05) is 25.3 Å². The van der Waals surface area contributed by atoms with E-state index < -0.39 is 5.41 Å². The topological polar surface area (TPSA) is 72.5 Å². The lowest BCUT2D eigenvalue weighted by molar-refractivity contribution is -0.122. The number of β-amino-alcohol motifs (C(OH)–C–C–N with tert-alkyl or cyclic N) is 1. The van der Waals surface area contributed by atoms with E-state index in [4.69, 9.17) is 0 Å². The number of nitrogens with zero attached hydrogens (tertiary/aromatic N) is 3. The van der Waals surface area contributed by atoms with Crippen LogP contribution < -0.4 is 4.90 Å². The standard InChI is InChI=1S/C21H22N4O2/c26-12-11-25-18-8-4-1-5-15(18)21(20(25)27)9-10-24(14-21)13-19-22-16-6-2-3-7-17(16)23-19/h1-8,26H,9-14H2,(H,22,23). The van der Waals surface area contributed by atoms with E-state index in [2.05, 4.69) is 20.9 Å². The summed E-state index contributed by atoms with van der Waals surface area (Å²) in [5, 5.41) is 9.40. The maximum absolute atomic E-state index is 13.3. The number of aromatic amines is 1. The predicted molar refractivity (Wildman–Crippen MR) is 104 cm³/mol. The first-order valence-electron chi connectivity index (χ1n) is 9.40. The average molecular weight is 362 g/mol. The summed E-state index contributed by atoms with van der Waals surface area (Å²) in [6.07, 6.45) is 0.797. The average Bonchev–Trinajstić information content (AvgIpc) is 3.35. The number of para-hydroxylation sites is 3. The fourth-order valence-corrected chi connectivity index (χ4v) is 4.63. The molecule has 1 fully saturated rings. The number of H-pyrrole nitrogens is 1. The number of aromatic nitrogens is 2. The van der Waals surface area contributed by atoms with Gasteiger partial charge in [-0.05, 0) is 30.2 Å². The highest BCUT2D eigenvalue weighted by Gasteiger charge is 2.53. The predicted octanol–water partition coefficient (Wildman–Crippen LogP) is 2.05. The molecule has 1 saturated heterocycles. The zero-order valence-corrected chi connectivity index (χ0v) is 15.1.